The maximum absolute atomic E-state index is 12.7. The summed E-state index contributed by atoms with van der Waals surface area (Å²) in [5.74, 6) is -2.43. The van der Waals surface area contributed by atoms with Crippen molar-refractivity contribution in [1.82, 2.24) is 9.78 Å². The number of hydrogen-bond acceptors (Lipinski definition) is 4. The molecule has 0 radical (unpaired) electrons. The maximum atomic E-state index is 12.7. The molecule has 1 aromatic heterocycles. The summed E-state index contributed by atoms with van der Waals surface area (Å²) in [6.07, 6.45) is -3.53. The van der Waals surface area contributed by atoms with Gasteiger partial charge in [-0.1, -0.05) is 30.3 Å². The molecule has 9 heteroatoms. The molecular formula is C18H11F3N2O4. The first-order chi connectivity index (χ1) is 12.7. The number of aromatic carboxylic acids is 1. The Balaban J connectivity index is 2.16. The van der Waals surface area contributed by atoms with Crippen LogP contribution in [0.3, 0.4) is 0 Å². The van der Waals surface area contributed by atoms with Crippen molar-refractivity contribution in [2.45, 2.75) is 6.18 Å². The number of nitrogens with zero attached hydrogens (tertiary/aromatic N) is 2. The van der Waals surface area contributed by atoms with Crippen LogP contribution in [0.5, 0.6) is 5.75 Å². The van der Waals surface area contributed by atoms with Crippen molar-refractivity contribution in [1.29, 1.82) is 0 Å². The van der Waals surface area contributed by atoms with Crippen molar-refractivity contribution in [3.8, 4) is 22.6 Å². The molecule has 3 aromatic rings. The van der Waals surface area contributed by atoms with E-state index in [1.807, 2.05) is 0 Å². The van der Waals surface area contributed by atoms with Gasteiger partial charge >= 0.3 is 12.1 Å². The molecule has 0 saturated heterocycles. The number of aromatic nitrogens is 2. The summed E-state index contributed by atoms with van der Waals surface area (Å²) in [7, 11) is 0. The van der Waals surface area contributed by atoms with Gasteiger partial charge < -0.3 is 10.2 Å². The van der Waals surface area contributed by atoms with Gasteiger partial charge in [-0.25, -0.2) is 9.48 Å². The highest BCUT2D eigenvalue weighted by molar-refractivity contribution is 5.85. The van der Waals surface area contributed by atoms with Crippen molar-refractivity contribution >= 4 is 5.97 Å². The molecule has 0 amide bonds. The molecular weight excluding hydrogens is 365 g/mol. The predicted molar refractivity (Wildman–Crippen MR) is 88.9 cm³/mol. The quantitative estimate of drug-likeness (QED) is 0.732. The van der Waals surface area contributed by atoms with Gasteiger partial charge in [-0.15, -0.1) is 0 Å². The van der Waals surface area contributed by atoms with Gasteiger partial charge in [0.1, 0.15) is 0 Å². The van der Waals surface area contributed by atoms with E-state index >= 15 is 0 Å². The van der Waals surface area contributed by atoms with E-state index in [0.29, 0.717) is 11.1 Å². The lowest BCUT2D eigenvalue weighted by atomic mass is 10.0. The van der Waals surface area contributed by atoms with Crippen LogP contribution in [0.2, 0.25) is 0 Å². The standard InChI is InChI=1S/C18H11F3N2O4/c19-18(20,21)11-7-5-10(6-8-11)12-3-1-2-4-13(12)23-9-14(24)16(25)15(22-23)17(26)27/h1-9,24H,(H,26,27). The van der Waals surface area contributed by atoms with Crippen molar-refractivity contribution in [2.75, 3.05) is 0 Å². The minimum Gasteiger partial charge on any atom is -0.503 e. The second-order valence-corrected chi connectivity index (χ2v) is 5.53. The number of benzene rings is 2. The fraction of sp³-hybridized carbons (Fsp3) is 0.0556. The van der Waals surface area contributed by atoms with Crippen LogP contribution in [0, 0.1) is 0 Å². The van der Waals surface area contributed by atoms with Crippen molar-refractivity contribution in [3.05, 3.63) is 76.2 Å². The Morgan fingerprint density at radius 1 is 1.04 bits per heavy atom. The summed E-state index contributed by atoms with van der Waals surface area (Å²) in [5, 5.41) is 22.5. The first-order valence-corrected chi connectivity index (χ1v) is 7.52. The highest BCUT2D eigenvalue weighted by atomic mass is 19.4. The number of carboxylic acid groups (broad SMARTS) is 1. The van der Waals surface area contributed by atoms with Crippen molar-refractivity contribution < 1.29 is 28.2 Å². The first kappa shape index (κ1) is 18.2. The second kappa shape index (κ2) is 6.60. The minimum atomic E-state index is -4.47. The lowest BCUT2D eigenvalue weighted by Gasteiger charge is -2.13. The van der Waals surface area contributed by atoms with Crippen LogP contribution in [-0.2, 0) is 6.18 Å². The normalized spacial score (nSPS) is 11.4. The van der Waals surface area contributed by atoms with E-state index in [4.69, 9.17) is 5.11 Å². The molecule has 0 aliphatic rings. The van der Waals surface area contributed by atoms with Gasteiger partial charge in [-0.3, -0.25) is 4.79 Å². The third-order valence-electron chi connectivity index (χ3n) is 3.78. The molecule has 0 spiro atoms. The zero-order valence-electron chi connectivity index (χ0n) is 13.4. The first-order valence-electron chi connectivity index (χ1n) is 7.52. The number of hydrogen-bond donors (Lipinski definition) is 2. The van der Waals surface area contributed by atoms with E-state index < -0.39 is 34.6 Å². The van der Waals surface area contributed by atoms with Crippen LogP contribution >= 0.6 is 0 Å². The summed E-state index contributed by atoms with van der Waals surface area (Å²) in [6, 6.07) is 10.7. The predicted octanol–water partition coefficient (Wildman–Crippen LogP) is 3.32. The molecule has 0 fully saturated rings. The average Bonchev–Trinajstić information content (AvgIpc) is 2.63. The summed E-state index contributed by atoms with van der Waals surface area (Å²) in [5.41, 5.74) is -1.71. The average molecular weight is 376 g/mol. The molecule has 2 aromatic carbocycles. The Morgan fingerprint density at radius 3 is 2.26 bits per heavy atom. The van der Waals surface area contributed by atoms with Crippen LogP contribution in [0.15, 0.2) is 59.5 Å². The molecule has 0 saturated carbocycles. The summed E-state index contributed by atoms with van der Waals surface area (Å²) in [6.45, 7) is 0. The van der Waals surface area contributed by atoms with Gasteiger partial charge in [0.15, 0.2) is 5.75 Å². The molecule has 1 heterocycles. The van der Waals surface area contributed by atoms with Gasteiger partial charge in [0.2, 0.25) is 5.69 Å². The topological polar surface area (TPSA) is 92.4 Å². The molecule has 0 aliphatic carbocycles. The zero-order valence-corrected chi connectivity index (χ0v) is 13.4. The van der Waals surface area contributed by atoms with Gasteiger partial charge in [-0.05, 0) is 23.8 Å². The Morgan fingerprint density at radius 2 is 1.67 bits per heavy atom. The number of para-hydroxylation sites is 1. The van der Waals surface area contributed by atoms with E-state index in [0.717, 1.165) is 23.0 Å². The van der Waals surface area contributed by atoms with Gasteiger partial charge in [-0.2, -0.15) is 18.3 Å². The highest BCUT2D eigenvalue weighted by Gasteiger charge is 2.30. The number of rotatable bonds is 3. The summed E-state index contributed by atoms with van der Waals surface area (Å²) < 4.78 is 39.2. The number of alkyl halides is 3. The van der Waals surface area contributed by atoms with Crippen LogP contribution in [0.25, 0.3) is 16.8 Å². The summed E-state index contributed by atoms with van der Waals surface area (Å²) >= 11 is 0. The fourth-order valence-electron chi connectivity index (χ4n) is 2.50. The third-order valence-corrected chi connectivity index (χ3v) is 3.78. The van der Waals surface area contributed by atoms with Crippen LogP contribution < -0.4 is 5.43 Å². The molecule has 0 atom stereocenters. The molecule has 6 nitrogen and oxygen atoms in total. The molecule has 3 rings (SSSR count). The van der Waals surface area contributed by atoms with Gasteiger partial charge in [0.05, 0.1) is 17.4 Å². The number of halogens is 3. The largest absolute Gasteiger partial charge is 0.503 e. The number of carboxylic acids is 1. The minimum absolute atomic E-state index is 0.273. The van der Waals surface area contributed by atoms with Crippen molar-refractivity contribution in [3.63, 3.8) is 0 Å². The Hall–Kier alpha value is -3.62. The molecule has 27 heavy (non-hydrogen) atoms. The van der Waals surface area contributed by atoms with Gasteiger partial charge in [0.25, 0.3) is 5.43 Å². The lowest BCUT2D eigenvalue weighted by molar-refractivity contribution is -0.137. The number of carbonyl (C=O) groups is 1. The zero-order chi connectivity index (χ0) is 19.8. The second-order valence-electron chi connectivity index (χ2n) is 5.53. The van der Waals surface area contributed by atoms with Crippen LogP contribution in [0.4, 0.5) is 13.2 Å². The molecule has 0 unspecified atom stereocenters. The molecule has 138 valence electrons. The van der Waals surface area contributed by atoms with Crippen LogP contribution in [-0.4, -0.2) is 26.0 Å². The lowest BCUT2D eigenvalue weighted by Crippen LogP contribution is -2.21. The molecule has 2 N–H and O–H groups in total. The molecule has 0 aliphatic heterocycles. The Kier molecular flexibility index (Phi) is 4.44. The van der Waals surface area contributed by atoms with Crippen molar-refractivity contribution in [2.24, 2.45) is 0 Å². The van der Waals surface area contributed by atoms with E-state index in [2.05, 4.69) is 5.10 Å². The van der Waals surface area contributed by atoms with E-state index in [9.17, 15) is 27.9 Å². The van der Waals surface area contributed by atoms with Crippen LogP contribution in [0.1, 0.15) is 16.1 Å². The Labute approximate surface area is 149 Å². The monoisotopic (exact) mass is 376 g/mol. The number of aromatic hydroxyl groups is 1. The summed E-state index contributed by atoms with van der Waals surface area (Å²) in [4.78, 5) is 22.8. The SMILES string of the molecule is O=C(O)c1nn(-c2ccccc2-c2ccc(C(F)(F)F)cc2)cc(O)c1=O. The maximum Gasteiger partial charge on any atom is 0.416 e. The fourth-order valence-corrected chi connectivity index (χ4v) is 2.50. The van der Waals surface area contributed by atoms with E-state index in [1.165, 1.54) is 18.2 Å². The smallest absolute Gasteiger partial charge is 0.416 e. The van der Waals surface area contributed by atoms with E-state index in [-0.39, 0.29) is 5.69 Å². The third kappa shape index (κ3) is 3.52. The Bertz CT molecular complexity index is 1070. The molecule has 0 bridgehead atoms. The van der Waals surface area contributed by atoms with Gasteiger partial charge in [0, 0.05) is 5.56 Å². The highest BCUT2D eigenvalue weighted by Crippen LogP contribution is 2.32. The van der Waals surface area contributed by atoms with E-state index in [1.54, 1.807) is 18.2 Å².